The van der Waals surface area contributed by atoms with Crippen molar-refractivity contribution >= 4 is 29.2 Å². The van der Waals surface area contributed by atoms with Gasteiger partial charge >= 0.3 is 0 Å². The number of halogens is 1. The Balaban J connectivity index is 1.72. The third kappa shape index (κ3) is 3.25. The van der Waals surface area contributed by atoms with Gasteiger partial charge in [-0.15, -0.1) is 0 Å². The fourth-order valence-electron chi connectivity index (χ4n) is 2.49. The molecular formula is C15H17ClN4O. The highest BCUT2D eigenvalue weighted by Crippen LogP contribution is 2.18. The fourth-order valence-corrected chi connectivity index (χ4v) is 2.73. The average Bonchev–Trinajstić information content (AvgIpc) is 2.81. The van der Waals surface area contributed by atoms with Crippen molar-refractivity contribution in [3.63, 3.8) is 0 Å². The first-order valence-corrected chi connectivity index (χ1v) is 7.48. The van der Waals surface area contributed by atoms with E-state index in [1.807, 2.05) is 33.8 Å². The number of rotatable bonds is 3. The van der Waals surface area contributed by atoms with E-state index in [1.165, 1.54) is 12.5 Å². The van der Waals surface area contributed by atoms with E-state index >= 15 is 0 Å². The van der Waals surface area contributed by atoms with Crippen LogP contribution in [0, 0.1) is 0 Å². The van der Waals surface area contributed by atoms with Crippen molar-refractivity contribution in [3.8, 4) is 0 Å². The van der Waals surface area contributed by atoms with Gasteiger partial charge in [-0.25, -0.2) is 9.99 Å². The number of carbonyl (C=O) groups excluding carboxylic acids is 1. The number of hydrogen-bond donors (Lipinski definition) is 1. The highest BCUT2D eigenvalue weighted by atomic mass is 35.5. The molecule has 1 N–H and O–H groups in total. The van der Waals surface area contributed by atoms with Crippen molar-refractivity contribution < 1.29 is 4.79 Å². The van der Waals surface area contributed by atoms with Crippen LogP contribution in [0.3, 0.4) is 0 Å². The summed E-state index contributed by atoms with van der Waals surface area (Å²) < 4.78 is 1.85. The third-order valence-electron chi connectivity index (χ3n) is 3.54. The average molecular weight is 305 g/mol. The molecule has 0 aromatic carbocycles. The summed E-state index contributed by atoms with van der Waals surface area (Å²) in [5, 5.41) is 2.36. The first-order valence-electron chi connectivity index (χ1n) is 7.10. The number of aromatic nitrogens is 2. The van der Waals surface area contributed by atoms with E-state index in [9.17, 15) is 4.79 Å². The predicted octanol–water partition coefficient (Wildman–Crippen LogP) is 2.52. The van der Waals surface area contributed by atoms with Gasteiger partial charge in [0.2, 0.25) is 0 Å². The molecule has 1 aliphatic heterocycles. The molecule has 5 nitrogen and oxygen atoms in total. The number of amides is 1. The molecule has 0 radical (unpaired) electrons. The smallest absolute Gasteiger partial charge is 0.258 e. The SMILES string of the molecule is O=C(/C=C/c1c(Cl)nc2ccccn12)NN1CCCCC1. The Morgan fingerprint density at radius 3 is 2.90 bits per heavy atom. The number of pyridine rings is 1. The van der Waals surface area contributed by atoms with Crippen molar-refractivity contribution in [2.24, 2.45) is 0 Å². The Morgan fingerprint density at radius 2 is 2.10 bits per heavy atom. The maximum atomic E-state index is 11.9. The lowest BCUT2D eigenvalue weighted by Gasteiger charge is -2.26. The molecule has 1 fully saturated rings. The van der Waals surface area contributed by atoms with Gasteiger partial charge < -0.3 is 0 Å². The number of imidazole rings is 1. The maximum absolute atomic E-state index is 11.9. The molecule has 0 saturated carbocycles. The van der Waals surface area contributed by atoms with Crippen molar-refractivity contribution in [1.29, 1.82) is 0 Å². The fraction of sp³-hybridized carbons (Fsp3) is 0.333. The van der Waals surface area contributed by atoms with Crippen LogP contribution in [0.25, 0.3) is 11.7 Å². The van der Waals surface area contributed by atoms with Gasteiger partial charge in [0, 0.05) is 25.4 Å². The zero-order valence-electron chi connectivity index (χ0n) is 11.6. The number of piperidine rings is 1. The monoisotopic (exact) mass is 304 g/mol. The number of hydrazine groups is 1. The second kappa shape index (κ2) is 6.28. The Hall–Kier alpha value is -1.85. The lowest BCUT2D eigenvalue weighted by molar-refractivity contribution is -0.121. The van der Waals surface area contributed by atoms with Gasteiger partial charge in [-0.05, 0) is 31.1 Å². The summed E-state index contributed by atoms with van der Waals surface area (Å²) in [6.07, 6.45) is 8.56. The summed E-state index contributed by atoms with van der Waals surface area (Å²) in [7, 11) is 0. The quantitative estimate of drug-likeness (QED) is 0.887. The molecule has 0 unspecified atom stereocenters. The van der Waals surface area contributed by atoms with Crippen LogP contribution in [0.2, 0.25) is 5.15 Å². The topological polar surface area (TPSA) is 49.6 Å². The Kier molecular flexibility index (Phi) is 4.22. The van der Waals surface area contributed by atoms with Gasteiger partial charge in [0.25, 0.3) is 5.91 Å². The van der Waals surface area contributed by atoms with E-state index in [-0.39, 0.29) is 5.91 Å². The highest BCUT2D eigenvalue weighted by Gasteiger charge is 2.12. The Labute approximate surface area is 128 Å². The summed E-state index contributed by atoms with van der Waals surface area (Å²) in [6.45, 7) is 1.83. The van der Waals surface area contributed by atoms with E-state index in [1.54, 1.807) is 6.08 Å². The summed E-state index contributed by atoms with van der Waals surface area (Å²) in [5.74, 6) is -0.140. The van der Waals surface area contributed by atoms with Crippen molar-refractivity contribution in [1.82, 2.24) is 19.8 Å². The van der Waals surface area contributed by atoms with Gasteiger partial charge in [0.15, 0.2) is 5.15 Å². The Morgan fingerprint density at radius 1 is 1.29 bits per heavy atom. The normalized spacial score (nSPS) is 16.6. The zero-order chi connectivity index (χ0) is 14.7. The van der Waals surface area contributed by atoms with Gasteiger partial charge in [-0.1, -0.05) is 24.1 Å². The number of nitrogens with one attached hydrogen (secondary N) is 1. The molecule has 3 heterocycles. The molecule has 110 valence electrons. The van der Waals surface area contributed by atoms with Crippen LogP contribution in [0.4, 0.5) is 0 Å². The van der Waals surface area contributed by atoms with E-state index in [0.29, 0.717) is 10.8 Å². The van der Waals surface area contributed by atoms with Crippen LogP contribution in [-0.2, 0) is 4.79 Å². The van der Waals surface area contributed by atoms with Gasteiger partial charge in [-0.3, -0.25) is 14.6 Å². The van der Waals surface area contributed by atoms with E-state index < -0.39 is 0 Å². The molecule has 0 atom stereocenters. The third-order valence-corrected chi connectivity index (χ3v) is 3.82. The molecule has 2 aromatic rings. The van der Waals surface area contributed by atoms with Crippen LogP contribution in [-0.4, -0.2) is 33.4 Å². The van der Waals surface area contributed by atoms with Crippen molar-refractivity contribution in [2.45, 2.75) is 19.3 Å². The van der Waals surface area contributed by atoms with Crippen LogP contribution in [0.15, 0.2) is 30.5 Å². The minimum Gasteiger partial charge on any atom is -0.299 e. The highest BCUT2D eigenvalue weighted by molar-refractivity contribution is 6.31. The van der Waals surface area contributed by atoms with E-state index in [0.717, 1.165) is 31.6 Å². The second-order valence-electron chi connectivity index (χ2n) is 5.07. The van der Waals surface area contributed by atoms with Crippen LogP contribution in [0.5, 0.6) is 0 Å². The molecule has 6 heteroatoms. The van der Waals surface area contributed by atoms with Gasteiger partial charge in [0.1, 0.15) is 5.65 Å². The lowest BCUT2D eigenvalue weighted by Crippen LogP contribution is -2.44. The number of nitrogens with zero attached hydrogens (tertiary/aromatic N) is 3. The molecule has 0 aliphatic carbocycles. The first kappa shape index (κ1) is 14.1. The number of carbonyl (C=O) groups is 1. The predicted molar refractivity (Wildman–Crippen MR) is 82.8 cm³/mol. The summed E-state index contributed by atoms with van der Waals surface area (Å²) in [6, 6.07) is 5.67. The first-order chi connectivity index (χ1) is 10.2. The minimum absolute atomic E-state index is 0.140. The molecule has 0 bridgehead atoms. The van der Waals surface area contributed by atoms with Crippen LogP contribution >= 0.6 is 11.6 Å². The number of hydrogen-bond acceptors (Lipinski definition) is 3. The largest absolute Gasteiger partial charge is 0.299 e. The van der Waals surface area contributed by atoms with E-state index in [2.05, 4.69) is 10.4 Å². The molecule has 0 spiro atoms. The summed E-state index contributed by atoms with van der Waals surface area (Å²) >= 11 is 6.12. The van der Waals surface area contributed by atoms with Crippen LogP contribution < -0.4 is 5.43 Å². The van der Waals surface area contributed by atoms with Gasteiger partial charge in [0.05, 0.1) is 5.69 Å². The van der Waals surface area contributed by atoms with Gasteiger partial charge in [-0.2, -0.15) is 0 Å². The van der Waals surface area contributed by atoms with Crippen LogP contribution in [0.1, 0.15) is 25.0 Å². The number of fused-ring (bicyclic) bond motifs is 1. The summed E-state index contributed by atoms with van der Waals surface area (Å²) in [5.41, 5.74) is 4.36. The summed E-state index contributed by atoms with van der Waals surface area (Å²) in [4.78, 5) is 16.2. The molecule has 1 aliphatic rings. The molecular weight excluding hydrogens is 288 g/mol. The molecule has 21 heavy (non-hydrogen) atoms. The van der Waals surface area contributed by atoms with Crippen molar-refractivity contribution in [3.05, 3.63) is 41.3 Å². The lowest BCUT2D eigenvalue weighted by atomic mass is 10.2. The minimum atomic E-state index is -0.140. The molecule has 2 aromatic heterocycles. The molecule has 1 saturated heterocycles. The molecule has 3 rings (SSSR count). The standard InChI is InChI=1S/C15H17ClN4O/c16-15-12(20-11-5-2-6-13(20)17-15)7-8-14(21)18-19-9-3-1-4-10-19/h2,5-8,11H,1,3-4,9-10H2,(H,18,21)/b8-7+. The second-order valence-corrected chi connectivity index (χ2v) is 5.43. The van der Waals surface area contributed by atoms with E-state index in [4.69, 9.17) is 11.6 Å². The molecule has 1 amide bonds. The van der Waals surface area contributed by atoms with Crippen molar-refractivity contribution in [2.75, 3.05) is 13.1 Å². The maximum Gasteiger partial charge on any atom is 0.258 e. The zero-order valence-corrected chi connectivity index (χ0v) is 12.4. The Bertz CT molecular complexity index is 673.